The lowest BCUT2D eigenvalue weighted by atomic mass is 9.97. The van der Waals surface area contributed by atoms with Gasteiger partial charge in [-0.15, -0.1) is 0 Å². The molecule has 5 rings (SSSR count). The van der Waals surface area contributed by atoms with Crippen LogP contribution in [0.4, 0.5) is 14.6 Å². The van der Waals surface area contributed by atoms with Crippen LogP contribution in [0.5, 0.6) is 11.6 Å². The molecule has 1 saturated carbocycles. The summed E-state index contributed by atoms with van der Waals surface area (Å²) in [7, 11) is 3.07. The molecule has 3 aromatic rings. The summed E-state index contributed by atoms with van der Waals surface area (Å²) in [5, 5.41) is 6.03. The number of aromatic nitrogens is 2. The fourth-order valence-electron chi connectivity index (χ4n) is 5.16. The zero-order valence-electron chi connectivity index (χ0n) is 26.6. The quantitative estimate of drug-likeness (QED) is 0.280. The number of alkyl halides is 2. The number of methoxy groups -OCH3 is 2. The van der Waals surface area contributed by atoms with E-state index in [1.165, 1.54) is 13.2 Å². The van der Waals surface area contributed by atoms with Gasteiger partial charge in [-0.2, -0.15) is 4.98 Å². The Morgan fingerprint density at radius 2 is 1.80 bits per heavy atom. The molecule has 1 aromatic carbocycles. The van der Waals surface area contributed by atoms with Crippen LogP contribution < -0.4 is 25.7 Å². The molecule has 1 aliphatic heterocycles. The van der Waals surface area contributed by atoms with Gasteiger partial charge in [0.15, 0.2) is 0 Å². The first kappa shape index (κ1) is 33.0. The molecule has 11 nitrogen and oxygen atoms in total. The van der Waals surface area contributed by atoms with Crippen molar-refractivity contribution in [1.29, 1.82) is 0 Å². The van der Waals surface area contributed by atoms with E-state index in [1.54, 1.807) is 48.2 Å². The van der Waals surface area contributed by atoms with Crippen molar-refractivity contribution in [2.45, 2.75) is 64.3 Å². The Hall–Kier alpha value is -4.36. The van der Waals surface area contributed by atoms with Gasteiger partial charge < -0.3 is 34.3 Å². The second kappa shape index (κ2) is 13.6. The average Bonchev–Trinajstić information content (AvgIpc) is 3.84. The Kier molecular flexibility index (Phi) is 9.73. The molecule has 2 aliphatic rings. The van der Waals surface area contributed by atoms with Crippen molar-refractivity contribution in [3.63, 3.8) is 0 Å². The Morgan fingerprint density at radius 3 is 2.43 bits per heavy atom. The van der Waals surface area contributed by atoms with Crippen LogP contribution in [0.25, 0.3) is 11.1 Å². The monoisotopic (exact) mass is 639 g/mol. The predicted molar refractivity (Wildman–Crippen MR) is 168 cm³/mol. The molecule has 46 heavy (non-hydrogen) atoms. The van der Waals surface area contributed by atoms with E-state index >= 15 is 0 Å². The Morgan fingerprint density at radius 1 is 1.07 bits per heavy atom. The van der Waals surface area contributed by atoms with E-state index < -0.39 is 36.4 Å². The maximum Gasteiger partial charge on any atom is 0.282 e. The number of carbonyl (C=O) groups is 2. The van der Waals surface area contributed by atoms with Crippen LogP contribution >= 0.6 is 0 Å². The number of amides is 2. The Bertz CT molecular complexity index is 1660. The van der Waals surface area contributed by atoms with Crippen LogP contribution in [0.2, 0.25) is 0 Å². The minimum atomic E-state index is -2.94. The largest absolute Gasteiger partial charge is 0.497 e. The molecule has 2 aromatic heterocycles. The van der Waals surface area contributed by atoms with Crippen molar-refractivity contribution in [1.82, 2.24) is 19.8 Å². The average molecular weight is 640 g/mol. The highest BCUT2D eigenvalue weighted by molar-refractivity contribution is 6.05. The van der Waals surface area contributed by atoms with Crippen molar-refractivity contribution >= 4 is 17.6 Å². The molecule has 0 spiro atoms. The van der Waals surface area contributed by atoms with Gasteiger partial charge in [0.1, 0.15) is 17.1 Å². The highest BCUT2D eigenvalue weighted by Crippen LogP contribution is 2.36. The zero-order valence-corrected chi connectivity index (χ0v) is 26.6. The van der Waals surface area contributed by atoms with Crippen molar-refractivity contribution in [2.24, 2.45) is 0 Å². The summed E-state index contributed by atoms with van der Waals surface area (Å²) < 4.78 is 45.3. The van der Waals surface area contributed by atoms with Gasteiger partial charge in [0.05, 0.1) is 38.0 Å². The number of ether oxygens (including phenoxy) is 3. The Balaban J connectivity index is 1.49. The van der Waals surface area contributed by atoms with E-state index in [9.17, 15) is 23.2 Å². The third-order valence-corrected chi connectivity index (χ3v) is 7.75. The summed E-state index contributed by atoms with van der Waals surface area (Å²) >= 11 is 0. The number of rotatable bonds is 13. The van der Waals surface area contributed by atoms with Crippen LogP contribution in [0.15, 0.2) is 47.4 Å². The summed E-state index contributed by atoms with van der Waals surface area (Å²) in [6.07, 6.45) is 3.21. The molecule has 2 amide bonds. The first-order valence-electron chi connectivity index (χ1n) is 15.2. The van der Waals surface area contributed by atoms with Crippen molar-refractivity contribution in [2.75, 3.05) is 39.2 Å². The van der Waals surface area contributed by atoms with E-state index in [0.29, 0.717) is 30.0 Å². The third-order valence-electron chi connectivity index (χ3n) is 7.75. The molecule has 0 unspecified atom stereocenters. The number of benzene rings is 1. The smallest absolute Gasteiger partial charge is 0.282 e. The van der Waals surface area contributed by atoms with E-state index in [1.807, 2.05) is 20.8 Å². The molecule has 2 N–H and O–H groups in total. The molecule has 0 radical (unpaired) electrons. The molecule has 246 valence electrons. The van der Waals surface area contributed by atoms with E-state index in [2.05, 4.69) is 15.6 Å². The van der Waals surface area contributed by atoms with Crippen LogP contribution in [0, 0.1) is 0 Å². The van der Waals surface area contributed by atoms with Crippen molar-refractivity contribution in [3.8, 4) is 22.8 Å². The molecule has 1 saturated heterocycles. The molecule has 1 atom stereocenters. The van der Waals surface area contributed by atoms with E-state index in [-0.39, 0.29) is 41.1 Å². The lowest BCUT2D eigenvalue weighted by Gasteiger charge is -2.39. The summed E-state index contributed by atoms with van der Waals surface area (Å²) in [5.41, 5.74) is 1.32. The summed E-state index contributed by atoms with van der Waals surface area (Å²) in [5.74, 6) is -3.56. The SMILES string of the molecule is COc1ccc(-c2cc(NC(=O)c3cc(CNC[C@H](C)OC)cn(C4CC4)c3=O)nc(OC(C)C)c2)c(C(=O)N2CC(F)(F)C2)c1. The van der Waals surface area contributed by atoms with Gasteiger partial charge in [-0.05, 0) is 80.6 Å². The van der Waals surface area contributed by atoms with Gasteiger partial charge in [0, 0.05) is 38.5 Å². The molecule has 13 heteroatoms. The molecule has 2 fully saturated rings. The summed E-state index contributed by atoms with van der Waals surface area (Å²) in [4.78, 5) is 45.9. The van der Waals surface area contributed by atoms with Gasteiger partial charge in [-0.25, -0.2) is 8.78 Å². The third kappa shape index (κ3) is 7.71. The number of nitrogens with zero attached hydrogens (tertiary/aromatic N) is 3. The molecular formula is C33H39F2N5O6. The van der Waals surface area contributed by atoms with Crippen molar-refractivity contribution in [3.05, 3.63) is 69.6 Å². The van der Waals surface area contributed by atoms with Gasteiger partial charge in [0.25, 0.3) is 23.3 Å². The molecular weight excluding hydrogens is 600 g/mol. The lowest BCUT2D eigenvalue weighted by Crippen LogP contribution is -2.58. The second-order valence-corrected chi connectivity index (χ2v) is 12.0. The Labute approximate surface area is 265 Å². The minimum absolute atomic E-state index is 0.00827. The fourth-order valence-corrected chi connectivity index (χ4v) is 5.16. The van der Waals surface area contributed by atoms with E-state index in [4.69, 9.17) is 14.2 Å². The standard InChI is InChI=1S/C33H39F2N5O6/c1-19(2)46-29-12-22(25-9-8-24(45-5)13-26(25)31(42)39-17-33(34,35)18-39)11-28(37-29)38-30(41)27-10-21(15-36-14-20(3)44-4)16-40(32(27)43)23-6-7-23/h8-13,16,19-20,23,36H,6-7,14-15,17-18H2,1-5H3,(H,37,38,41)/t20-/m0/s1. The minimum Gasteiger partial charge on any atom is -0.497 e. The number of halogens is 2. The van der Waals surface area contributed by atoms with E-state index in [0.717, 1.165) is 23.3 Å². The fraction of sp³-hybridized carbons (Fsp3) is 0.455. The zero-order chi connectivity index (χ0) is 33.2. The topological polar surface area (TPSA) is 124 Å². The predicted octanol–water partition coefficient (Wildman–Crippen LogP) is 4.51. The van der Waals surface area contributed by atoms with Crippen LogP contribution in [-0.2, 0) is 11.3 Å². The highest BCUT2D eigenvalue weighted by atomic mass is 19.3. The van der Waals surface area contributed by atoms with Gasteiger partial charge in [-0.1, -0.05) is 0 Å². The maximum absolute atomic E-state index is 13.7. The number of hydrogen-bond donors (Lipinski definition) is 2. The molecule has 1 aliphatic carbocycles. The normalized spacial score (nSPS) is 16.1. The number of hydrogen-bond acceptors (Lipinski definition) is 8. The number of likely N-dealkylation sites (tertiary alicyclic amines) is 1. The van der Waals surface area contributed by atoms with Gasteiger partial charge >= 0.3 is 0 Å². The van der Waals surface area contributed by atoms with Gasteiger partial charge in [0.2, 0.25) is 5.88 Å². The first-order chi connectivity index (χ1) is 21.9. The number of carbonyl (C=O) groups excluding carboxylic acids is 2. The number of nitrogens with one attached hydrogen (secondary N) is 2. The number of anilines is 1. The second-order valence-electron chi connectivity index (χ2n) is 12.0. The number of pyridine rings is 2. The van der Waals surface area contributed by atoms with Crippen LogP contribution in [-0.4, -0.2) is 78.2 Å². The van der Waals surface area contributed by atoms with Gasteiger partial charge in [-0.3, -0.25) is 14.4 Å². The van der Waals surface area contributed by atoms with Crippen LogP contribution in [0.1, 0.15) is 65.9 Å². The van der Waals surface area contributed by atoms with Crippen molar-refractivity contribution < 1.29 is 32.6 Å². The highest BCUT2D eigenvalue weighted by Gasteiger charge is 2.46. The summed E-state index contributed by atoms with van der Waals surface area (Å²) in [6.45, 7) is 5.22. The molecule has 3 heterocycles. The van der Waals surface area contributed by atoms with Crippen LogP contribution in [0.3, 0.4) is 0 Å². The molecule has 0 bridgehead atoms. The lowest BCUT2D eigenvalue weighted by molar-refractivity contribution is -0.113. The first-order valence-corrected chi connectivity index (χ1v) is 15.2. The summed E-state index contributed by atoms with van der Waals surface area (Å²) in [6, 6.07) is 9.53. The maximum atomic E-state index is 13.7.